The van der Waals surface area contributed by atoms with Crippen molar-refractivity contribution in [3.8, 4) is 0 Å². The van der Waals surface area contributed by atoms with Crippen LogP contribution in [0.4, 0.5) is 0 Å². The van der Waals surface area contributed by atoms with Gasteiger partial charge in [0.15, 0.2) is 0 Å². The van der Waals surface area contributed by atoms with Gasteiger partial charge in [-0.1, -0.05) is 155 Å². The van der Waals surface area contributed by atoms with Gasteiger partial charge < -0.3 is 16.7 Å². The fourth-order valence-corrected chi connectivity index (χ4v) is 4.40. The molecule has 0 bridgehead atoms. The molecule has 0 unspecified atom stereocenters. The SMILES string of the molecule is C.C.C=C[C@H](C)[C@H](C)[C@H](C)[C@@H](O)/C=C/c1ccccc1.C=C[C@H](C)[C@H](O)[C@H](C)[C@@H](O)[C@H](C)Cc1ccccc1.CC.O=S=O.O=S=O.[H-].[Li+]. The van der Waals surface area contributed by atoms with Crippen molar-refractivity contribution in [2.75, 3.05) is 0 Å². The van der Waals surface area contributed by atoms with Crippen LogP contribution in [0.1, 0.15) is 82.8 Å². The molecule has 0 saturated carbocycles. The van der Waals surface area contributed by atoms with Crippen molar-refractivity contribution in [3.05, 3.63) is 103 Å². The van der Waals surface area contributed by atoms with E-state index in [0.29, 0.717) is 11.8 Å². The van der Waals surface area contributed by atoms with E-state index < -0.39 is 41.5 Å². The number of allylic oxidation sites excluding steroid dienone is 1. The summed E-state index contributed by atoms with van der Waals surface area (Å²) in [5, 5.41) is 30.7. The Balaban J connectivity index is -0.000000111. The first-order chi connectivity index (χ1) is 21.4. The maximum atomic E-state index is 10.4. The molecule has 0 radical (unpaired) electrons. The van der Waals surface area contributed by atoms with Gasteiger partial charge in [-0.05, 0) is 41.2 Å². The summed E-state index contributed by atoms with van der Waals surface area (Å²) in [7, 11) is 0. The van der Waals surface area contributed by atoms with E-state index in [-0.39, 0.29) is 58.8 Å². The van der Waals surface area contributed by atoms with Crippen LogP contribution in [-0.2, 0) is 29.6 Å². The van der Waals surface area contributed by atoms with Crippen molar-refractivity contribution in [3.63, 3.8) is 0 Å². The monoisotopic (exact) mass is 704 g/mol. The number of hydrogen-bond donors (Lipinski definition) is 3. The molecular weight excluding hydrogens is 639 g/mol. The maximum Gasteiger partial charge on any atom is 1.00 e. The summed E-state index contributed by atoms with van der Waals surface area (Å²) < 4.78 is 33.2. The van der Waals surface area contributed by atoms with Crippen LogP contribution >= 0.6 is 0 Å². The Morgan fingerprint density at radius 3 is 1.46 bits per heavy atom. The zero-order chi connectivity index (χ0) is 35.4. The van der Waals surface area contributed by atoms with E-state index in [1.54, 1.807) is 6.08 Å². The zero-order valence-electron chi connectivity index (χ0n) is 30.2. The van der Waals surface area contributed by atoms with Crippen LogP contribution in [0.15, 0.2) is 92.0 Å². The number of hydrogen-bond acceptors (Lipinski definition) is 7. The van der Waals surface area contributed by atoms with E-state index in [0.717, 1.165) is 12.0 Å². The van der Waals surface area contributed by atoms with Gasteiger partial charge in [0, 0.05) is 11.8 Å². The summed E-state index contributed by atoms with van der Waals surface area (Å²) in [5.74, 6) is 1.00. The van der Waals surface area contributed by atoms with Gasteiger partial charge in [0.2, 0.25) is 0 Å². The minimum absolute atomic E-state index is 0. The average Bonchev–Trinajstić information content (AvgIpc) is 3.07. The third-order valence-corrected chi connectivity index (χ3v) is 7.83. The molecule has 272 valence electrons. The third-order valence-electron chi connectivity index (χ3n) is 7.83. The van der Waals surface area contributed by atoms with Crippen LogP contribution in [0, 0.1) is 35.5 Å². The first-order valence-corrected chi connectivity index (χ1v) is 16.6. The summed E-state index contributed by atoms with van der Waals surface area (Å²) in [5.41, 5.74) is 2.33. The Morgan fingerprint density at radius 1 is 0.667 bits per heavy atom. The van der Waals surface area contributed by atoms with Gasteiger partial charge in [0.1, 0.15) is 0 Å². The topological polar surface area (TPSA) is 129 Å². The second-order valence-corrected chi connectivity index (χ2v) is 11.1. The van der Waals surface area contributed by atoms with E-state index in [9.17, 15) is 15.3 Å². The first-order valence-electron chi connectivity index (χ1n) is 15.3. The molecule has 0 aliphatic heterocycles. The van der Waals surface area contributed by atoms with Crippen LogP contribution in [-0.4, -0.2) is 50.5 Å². The van der Waals surface area contributed by atoms with Crippen LogP contribution < -0.4 is 18.9 Å². The first kappa shape index (κ1) is 58.0. The molecule has 0 spiro atoms. The van der Waals surface area contributed by atoms with Gasteiger partial charge in [0.25, 0.3) is 0 Å². The molecule has 2 aromatic rings. The normalized spacial score (nSPS) is 15.1. The molecule has 3 N–H and O–H groups in total. The Labute approximate surface area is 313 Å². The van der Waals surface area contributed by atoms with Crippen LogP contribution in [0.5, 0.6) is 0 Å². The van der Waals surface area contributed by atoms with E-state index in [1.165, 1.54) is 5.56 Å². The summed E-state index contributed by atoms with van der Waals surface area (Å²) in [6.45, 7) is 23.7. The van der Waals surface area contributed by atoms with E-state index in [1.807, 2.05) is 101 Å². The molecule has 0 heterocycles. The van der Waals surface area contributed by atoms with Crippen molar-refractivity contribution in [1.82, 2.24) is 0 Å². The molecule has 2 rings (SSSR count). The smallest absolute Gasteiger partial charge is 1.00 e. The Kier molecular flexibility index (Phi) is 45.4. The zero-order valence-corrected chi connectivity index (χ0v) is 30.8. The Morgan fingerprint density at radius 2 is 1.06 bits per heavy atom. The van der Waals surface area contributed by atoms with Crippen LogP contribution in [0.3, 0.4) is 0 Å². The van der Waals surface area contributed by atoms with Crippen molar-refractivity contribution in [1.29, 1.82) is 0 Å². The number of aliphatic hydroxyl groups excluding tert-OH is 3. The quantitative estimate of drug-likeness (QED) is 0.191. The average molecular weight is 705 g/mol. The number of benzene rings is 2. The summed E-state index contributed by atoms with van der Waals surface area (Å²) in [6, 6.07) is 20.2. The summed E-state index contributed by atoms with van der Waals surface area (Å²) in [4.78, 5) is 0. The van der Waals surface area contributed by atoms with Crippen molar-refractivity contribution in [2.24, 2.45) is 35.5 Å². The largest absolute Gasteiger partial charge is 1.00 e. The number of rotatable bonds is 13. The molecule has 2 aromatic carbocycles. The second-order valence-electron chi connectivity index (χ2n) is 10.8. The molecule has 48 heavy (non-hydrogen) atoms. The Bertz CT molecular complexity index is 1100. The van der Waals surface area contributed by atoms with E-state index >= 15 is 0 Å². The van der Waals surface area contributed by atoms with E-state index in [2.05, 4.69) is 46.1 Å². The molecule has 0 saturated heterocycles. The van der Waals surface area contributed by atoms with Gasteiger partial charge in [-0.25, -0.2) is 0 Å². The van der Waals surface area contributed by atoms with Gasteiger partial charge in [-0.15, -0.1) is 13.2 Å². The fourth-order valence-electron chi connectivity index (χ4n) is 4.40. The van der Waals surface area contributed by atoms with Gasteiger partial charge >= 0.3 is 42.0 Å². The minimum atomic E-state index is -0.750. The standard InChI is InChI=1S/C17H26O2.C17H24O.C2H6.2CH4.Li.2O2S.H/c1-5-12(2)16(18)14(4)17(19)13(3)11-15-9-7-6-8-10-15;1-5-13(2)14(3)15(4)17(18)12-11-16-9-7-6-8-10-16;1-2;;;;2*1-3-2;/h5-10,12-14,16-19H,1,11H2,2-4H3;5-15,17-18H,1H2,2-4H3;1-2H3;2*1H4;;;;/q;;;;;+1;;;-1/b;12-11+;;;;;;;/t12-,13+,14-,16-,17-;13-,14-,15-,17-;;;;;;;/m00......./s1. The predicted octanol–water partition coefficient (Wildman–Crippen LogP) is 5.27. The fraction of sp³-hybridized carbons (Fsp3) is 0.526. The van der Waals surface area contributed by atoms with Crippen molar-refractivity contribution < 1.29 is 52.4 Å². The molecule has 0 aliphatic rings. The molecule has 0 fully saturated rings. The molecule has 7 nitrogen and oxygen atoms in total. The van der Waals surface area contributed by atoms with Crippen molar-refractivity contribution in [2.45, 2.75) is 95.0 Å². The molecule has 9 atom stereocenters. The predicted molar refractivity (Wildman–Crippen MR) is 203 cm³/mol. The van der Waals surface area contributed by atoms with E-state index in [4.69, 9.17) is 16.8 Å². The molecule has 0 aromatic heterocycles. The summed E-state index contributed by atoms with van der Waals surface area (Å²) in [6.07, 6.45) is 6.89. The van der Waals surface area contributed by atoms with Crippen LogP contribution in [0.25, 0.3) is 6.08 Å². The third kappa shape index (κ3) is 26.7. The van der Waals surface area contributed by atoms with Gasteiger partial charge in [0.05, 0.1) is 18.3 Å². The molecular formula is C38H65LiO7S2. The minimum Gasteiger partial charge on any atom is -1.00 e. The Hall–Kier alpha value is -2.22. The molecule has 0 amide bonds. The number of aliphatic hydroxyl groups is 3. The molecule has 10 heteroatoms. The van der Waals surface area contributed by atoms with Gasteiger partial charge in [-0.3, -0.25) is 0 Å². The van der Waals surface area contributed by atoms with Crippen molar-refractivity contribution >= 4 is 29.2 Å². The maximum absolute atomic E-state index is 10.4. The second kappa shape index (κ2) is 37.6. The summed E-state index contributed by atoms with van der Waals surface area (Å²) >= 11 is -1.50. The van der Waals surface area contributed by atoms with Gasteiger partial charge in [-0.2, -0.15) is 16.8 Å². The van der Waals surface area contributed by atoms with Crippen LogP contribution in [0.2, 0.25) is 0 Å². The molecule has 0 aliphatic carbocycles.